The van der Waals surface area contributed by atoms with E-state index in [0.29, 0.717) is 0 Å². The Morgan fingerprint density at radius 2 is 1.08 bits per heavy atom. The molecule has 0 bridgehead atoms. The quantitative estimate of drug-likeness (QED) is 0.474. The fourth-order valence-corrected chi connectivity index (χ4v) is 0. The summed E-state index contributed by atoms with van der Waals surface area (Å²) in [6, 6.07) is 0. The van der Waals surface area contributed by atoms with E-state index in [0.717, 1.165) is 0 Å². The zero-order chi connectivity index (χ0) is 10.6. The molecule has 0 atom stereocenters. The van der Waals surface area contributed by atoms with Crippen molar-refractivity contribution in [3.8, 4) is 0 Å². The minimum absolute atomic E-state index is 0.285. The summed E-state index contributed by atoms with van der Waals surface area (Å²) in [5.41, 5.74) is -0.373. The molecule has 0 fully saturated rings. The van der Waals surface area contributed by atoms with Crippen molar-refractivity contribution < 1.29 is 4.79 Å². The molecule has 0 saturated carbocycles. The number of hydrogen-bond acceptors (Lipinski definition) is 1. The standard InChI is InChI=1S/C5H9ClO.CCl4/c1-5(2,3)4(6)7;2-1(3,4)5/h1-3H3;. The molecule has 0 radical (unpaired) electrons. The molecule has 0 aromatic rings. The average Bonchev–Trinajstić information content (AvgIpc) is 1.55. The summed E-state index contributed by atoms with van der Waals surface area (Å²) < 4.78 is -1.61. The number of carbonyl (C=O) groups excluding carboxylic acids is 1. The minimum Gasteiger partial charge on any atom is -0.281 e. The van der Waals surface area contributed by atoms with Crippen molar-refractivity contribution in [2.75, 3.05) is 0 Å². The number of rotatable bonds is 0. The van der Waals surface area contributed by atoms with Crippen molar-refractivity contribution in [1.29, 1.82) is 0 Å². The van der Waals surface area contributed by atoms with Gasteiger partial charge < -0.3 is 0 Å². The molecule has 12 heavy (non-hydrogen) atoms. The Labute approximate surface area is 97.2 Å². The fourth-order valence-electron chi connectivity index (χ4n) is 0. The topological polar surface area (TPSA) is 17.1 Å². The van der Waals surface area contributed by atoms with Crippen molar-refractivity contribution in [1.82, 2.24) is 0 Å². The van der Waals surface area contributed by atoms with E-state index >= 15 is 0 Å². The van der Waals surface area contributed by atoms with Crippen molar-refractivity contribution in [2.24, 2.45) is 5.41 Å². The lowest BCUT2D eigenvalue weighted by atomic mass is 10.00. The van der Waals surface area contributed by atoms with Gasteiger partial charge in [0.05, 0.1) is 0 Å². The highest BCUT2D eigenvalue weighted by Gasteiger charge is 2.17. The Morgan fingerprint density at radius 1 is 1.00 bits per heavy atom. The van der Waals surface area contributed by atoms with Crippen molar-refractivity contribution in [2.45, 2.75) is 24.0 Å². The molecule has 0 heterocycles. The van der Waals surface area contributed by atoms with Gasteiger partial charge in [0.2, 0.25) is 5.24 Å². The lowest BCUT2D eigenvalue weighted by molar-refractivity contribution is -0.118. The van der Waals surface area contributed by atoms with Crippen molar-refractivity contribution in [3.05, 3.63) is 0 Å². The molecule has 0 aliphatic heterocycles. The third-order valence-electron chi connectivity index (χ3n) is 0.590. The molecule has 0 spiro atoms. The first-order valence-electron chi connectivity index (χ1n) is 2.90. The number of hydrogen-bond donors (Lipinski definition) is 0. The second-order valence-electron chi connectivity index (χ2n) is 2.95. The molecule has 0 aliphatic carbocycles. The molecule has 0 aromatic heterocycles. The predicted molar refractivity (Wildman–Crippen MR) is 56.5 cm³/mol. The molecule has 0 aromatic carbocycles. The number of carbonyl (C=O) groups is 1. The molecular weight excluding hydrogens is 265 g/mol. The van der Waals surface area contributed by atoms with Crippen LogP contribution >= 0.6 is 58.0 Å². The summed E-state index contributed by atoms with van der Waals surface area (Å²) in [4.78, 5) is 10.2. The Kier molecular flexibility index (Phi) is 7.49. The maximum Gasteiger partial charge on any atom is 0.266 e. The summed E-state index contributed by atoms with van der Waals surface area (Å²) in [6.07, 6.45) is 0. The third kappa shape index (κ3) is 22.5. The molecule has 0 unspecified atom stereocenters. The SMILES string of the molecule is CC(C)(C)C(=O)Cl.ClC(Cl)(Cl)Cl. The van der Waals surface area contributed by atoms with Gasteiger partial charge in [0.15, 0.2) is 0 Å². The molecule has 0 amide bonds. The van der Waals surface area contributed by atoms with Crippen LogP contribution in [0.5, 0.6) is 0 Å². The van der Waals surface area contributed by atoms with E-state index in [2.05, 4.69) is 0 Å². The number of halogens is 5. The van der Waals surface area contributed by atoms with E-state index in [9.17, 15) is 4.79 Å². The van der Waals surface area contributed by atoms with Gasteiger partial charge in [-0.1, -0.05) is 67.2 Å². The van der Waals surface area contributed by atoms with Crippen molar-refractivity contribution in [3.63, 3.8) is 0 Å². The monoisotopic (exact) mass is 272 g/mol. The minimum atomic E-state index is -1.61. The molecule has 1 nitrogen and oxygen atoms in total. The maximum absolute atomic E-state index is 10.2. The second-order valence-corrected chi connectivity index (χ2v) is 6.72. The lowest BCUT2D eigenvalue weighted by Crippen LogP contribution is -2.13. The van der Waals surface area contributed by atoms with E-state index in [1.165, 1.54) is 0 Å². The first-order chi connectivity index (χ1) is 4.94. The fraction of sp³-hybridized carbons (Fsp3) is 0.833. The highest BCUT2D eigenvalue weighted by molar-refractivity contribution is 6.83. The molecule has 74 valence electrons. The lowest BCUT2D eigenvalue weighted by Gasteiger charge is -2.08. The van der Waals surface area contributed by atoms with Crippen LogP contribution in [0.15, 0.2) is 0 Å². The van der Waals surface area contributed by atoms with Crippen molar-refractivity contribution >= 4 is 63.2 Å². The summed E-state index contributed by atoms with van der Waals surface area (Å²) in [6.45, 7) is 5.34. The highest BCUT2D eigenvalue weighted by atomic mass is 35.6. The molecule has 0 N–H and O–H groups in total. The van der Waals surface area contributed by atoms with E-state index in [-0.39, 0.29) is 10.7 Å². The first kappa shape index (κ1) is 15.6. The summed E-state index contributed by atoms with van der Waals surface area (Å²) in [5.74, 6) is 0. The Morgan fingerprint density at radius 3 is 1.08 bits per heavy atom. The van der Waals surface area contributed by atoms with Gasteiger partial charge in [0, 0.05) is 5.41 Å². The van der Waals surface area contributed by atoms with E-state index in [4.69, 9.17) is 58.0 Å². The van der Waals surface area contributed by atoms with E-state index < -0.39 is 3.25 Å². The maximum atomic E-state index is 10.2. The molecule has 0 rings (SSSR count). The normalized spacial score (nSPS) is 11.7. The van der Waals surface area contributed by atoms with Crippen LogP contribution in [-0.2, 0) is 4.79 Å². The van der Waals surface area contributed by atoms with Gasteiger partial charge in [-0.15, -0.1) is 0 Å². The summed E-state index contributed by atoms with van der Waals surface area (Å²) >= 11 is 24.4. The Hall–Kier alpha value is 1.12. The number of alkyl halides is 4. The third-order valence-corrected chi connectivity index (χ3v) is 1.16. The Bertz CT molecular complexity index is 137. The van der Waals surface area contributed by atoms with Crippen LogP contribution in [-0.4, -0.2) is 8.49 Å². The van der Waals surface area contributed by atoms with Gasteiger partial charge in [-0.2, -0.15) is 0 Å². The zero-order valence-electron chi connectivity index (χ0n) is 6.80. The van der Waals surface area contributed by atoms with Crippen LogP contribution in [0.25, 0.3) is 0 Å². The predicted octanol–water partition coefficient (Wildman–Crippen LogP) is 4.35. The van der Waals surface area contributed by atoms with Gasteiger partial charge >= 0.3 is 0 Å². The van der Waals surface area contributed by atoms with Crippen LogP contribution < -0.4 is 0 Å². The van der Waals surface area contributed by atoms with Gasteiger partial charge in [0.1, 0.15) is 0 Å². The van der Waals surface area contributed by atoms with Gasteiger partial charge in [-0.3, -0.25) is 4.79 Å². The van der Waals surface area contributed by atoms with Crippen LogP contribution in [0.4, 0.5) is 0 Å². The molecule has 0 saturated heterocycles. The average molecular weight is 274 g/mol. The largest absolute Gasteiger partial charge is 0.281 e. The first-order valence-corrected chi connectivity index (χ1v) is 4.79. The molecular formula is C6H9Cl5O. The summed E-state index contributed by atoms with van der Waals surface area (Å²) in [5, 5.41) is -0.285. The van der Waals surface area contributed by atoms with Crippen LogP contribution in [0.3, 0.4) is 0 Å². The highest BCUT2D eigenvalue weighted by Crippen LogP contribution is 2.29. The molecule has 6 heteroatoms. The van der Waals surface area contributed by atoms with Crippen LogP contribution in [0, 0.1) is 5.41 Å². The Balaban J connectivity index is 0. The van der Waals surface area contributed by atoms with Crippen LogP contribution in [0.1, 0.15) is 20.8 Å². The molecule has 0 aliphatic rings. The van der Waals surface area contributed by atoms with Gasteiger partial charge in [-0.05, 0) is 11.6 Å². The second kappa shape index (κ2) is 5.77. The zero-order valence-corrected chi connectivity index (χ0v) is 10.6. The van der Waals surface area contributed by atoms with Gasteiger partial charge in [0.25, 0.3) is 3.25 Å². The smallest absolute Gasteiger partial charge is 0.266 e. The van der Waals surface area contributed by atoms with Crippen LogP contribution in [0.2, 0.25) is 0 Å². The van der Waals surface area contributed by atoms with E-state index in [1.807, 2.05) is 0 Å². The van der Waals surface area contributed by atoms with E-state index in [1.54, 1.807) is 20.8 Å². The van der Waals surface area contributed by atoms with Gasteiger partial charge in [-0.25, -0.2) is 0 Å². The summed E-state index contributed by atoms with van der Waals surface area (Å²) in [7, 11) is 0.